The van der Waals surface area contributed by atoms with Crippen LogP contribution in [0.4, 0.5) is 0 Å². The fraction of sp³-hybridized carbons (Fsp3) is 0.167. The Morgan fingerprint density at radius 1 is 1.69 bits per heavy atom. The van der Waals surface area contributed by atoms with Gasteiger partial charge in [0.25, 0.3) is 0 Å². The van der Waals surface area contributed by atoms with Crippen LogP contribution in [0.1, 0.15) is 0 Å². The van der Waals surface area contributed by atoms with E-state index >= 15 is 0 Å². The van der Waals surface area contributed by atoms with E-state index in [1.54, 1.807) is 18.3 Å². The summed E-state index contributed by atoms with van der Waals surface area (Å²) in [5.74, 6) is -0.965. The first kappa shape index (κ1) is 15.7. The number of rotatable bonds is 1. The van der Waals surface area contributed by atoms with Gasteiger partial charge in [-0.3, -0.25) is 4.79 Å². The minimum atomic E-state index is -0.881. The number of hydrogen-bond donors (Lipinski definition) is 2. The molecule has 0 bridgehead atoms. The van der Waals surface area contributed by atoms with Crippen LogP contribution in [0.3, 0.4) is 0 Å². The van der Waals surface area contributed by atoms with Crippen molar-refractivity contribution in [2.45, 2.75) is 0 Å². The molecule has 1 aromatic rings. The van der Waals surface area contributed by atoms with Crippen molar-refractivity contribution >= 4 is 59.8 Å². The van der Waals surface area contributed by atoms with E-state index in [9.17, 15) is 4.79 Å². The molecule has 0 aliphatic carbocycles. The summed E-state index contributed by atoms with van der Waals surface area (Å²) in [6.45, 7) is 0. The quantitative estimate of drug-likeness (QED) is 0.544. The number of carbonyl (C=O) groups is 1. The van der Waals surface area contributed by atoms with Gasteiger partial charge in [0.15, 0.2) is 5.15 Å². The summed E-state index contributed by atoms with van der Waals surface area (Å²) in [6, 6.07) is 3.41. The molecule has 0 saturated heterocycles. The Balaban J connectivity index is 0. The molecule has 4 nitrogen and oxygen atoms in total. The molecule has 0 aliphatic rings. The molecule has 1 rings (SSSR count). The Hall–Kier alpha value is 0.190. The molecule has 0 aliphatic heterocycles. The first-order valence-corrected chi connectivity index (χ1v) is 3.93. The van der Waals surface area contributed by atoms with Crippen LogP contribution >= 0.6 is 24.2 Å². The van der Waals surface area contributed by atoms with Crippen LogP contribution in [0.25, 0.3) is 0 Å². The fourth-order valence-corrected chi connectivity index (χ4v) is 0.399. The number of carboxylic acid groups (broad SMARTS) is 1. The van der Waals surface area contributed by atoms with Crippen molar-refractivity contribution in [1.29, 1.82) is 0 Å². The summed E-state index contributed by atoms with van der Waals surface area (Å²) in [4.78, 5) is 9.29. The molecule has 13 heavy (non-hydrogen) atoms. The van der Waals surface area contributed by atoms with Crippen molar-refractivity contribution in [2.24, 2.45) is 0 Å². The molecule has 0 saturated carbocycles. The molecule has 1 heterocycles. The van der Waals surface area contributed by atoms with Crippen molar-refractivity contribution in [1.82, 2.24) is 10.2 Å². The van der Waals surface area contributed by atoms with Crippen molar-refractivity contribution in [3.8, 4) is 0 Å². The van der Waals surface area contributed by atoms with Crippen LogP contribution in [-0.4, -0.2) is 56.6 Å². The Morgan fingerprint density at radius 2 is 2.23 bits per heavy atom. The van der Waals surface area contributed by atoms with Crippen molar-refractivity contribution in [3.05, 3.63) is 23.5 Å². The first-order valence-electron chi connectivity index (χ1n) is 2.92. The van der Waals surface area contributed by atoms with Gasteiger partial charge in [0.05, 0.1) is 5.75 Å². The Morgan fingerprint density at radius 3 is 2.38 bits per heavy atom. The van der Waals surface area contributed by atoms with E-state index in [-0.39, 0.29) is 35.3 Å². The zero-order valence-corrected chi connectivity index (χ0v) is 7.66. The van der Waals surface area contributed by atoms with Crippen LogP contribution in [0.5, 0.6) is 0 Å². The second-order valence-electron chi connectivity index (χ2n) is 1.60. The topological polar surface area (TPSA) is 63.1 Å². The summed E-state index contributed by atoms with van der Waals surface area (Å²) in [5, 5.41) is 15.1. The summed E-state index contributed by atoms with van der Waals surface area (Å²) < 4.78 is 0. The van der Waals surface area contributed by atoms with E-state index in [4.69, 9.17) is 16.7 Å². The first-order chi connectivity index (χ1) is 5.66. The van der Waals surface area contributed by atoms with Gasteiger partial charge in [-0.15, -0.1) is 5.10 Å². The summed E-state index contributed by atoms with van der Waals surface area (Å²) >= 11 is 8.78. The predicted octanol–water partition coefficient (Wildman–Crippen LogP) is 0.482. The van der Waals surface area contributed by atoms with Crippen LogP contribution in [0.2, 0.25) is 5.15 Å². The van der Waals surface area contributed by atoms with Gasteiger partial charge in [-0.2, -0.15) is 17.7 Å². The van der Waals surface area contributed by atoms with Crippen molar-refractivity contribution < 1.29 is 9.90 Å². The number of nitrogens with zero attached hydrogens (tertiary/aromatic N) is 2. The maximum atomic E-state index is 9.29. The molecule has 1 N–H and O–H groups in total. The van der Waals surface area contributed by atoms with E-state index in [0.29, 0.717) is 5.15 Å². The number of carboxylic acids is 1. The van der Waals surface area contributed by atoms with Gasteiger partial charge in [0, 0.05) is 6.20 Å². The average Bonchev–Trinajstić information content (AvgIpc) is 2.07. The number of aliphatic carboxylic acids is 1. The Kier molecular flexibility index (Phi) is 12.4. The van der Waals surface area contributed by atoms with Crippen LogP contribution in [0.15, 0.2) is 18.3 Å². The standard InChI is InChI=1S/C4H3ClN2.C2H4O2S.Na.H/c5-4-2-1-3-6-7-4;3-2(4)1-5;;/h1-3H;5H,1H2,(H,3,4);;. The monoisotopic (exact) mass is 230 g/mol. The second-order valence-corrected chi connectivity index (χ2v) is 2.30. The van der Waals surface area contributed by atoms with Gasteiger partial charge in [-0.1, -0.05) is 11.6 Å². The molecule has 1 aromatic heterocycles. The molecule has 0 radical (unpaired) electrons. The number of hydrogen-bond acceptors (Lipinski definition) is 4. The zero-order chi connectivity index (χ0) is 9.40. The third kappa shape index (κ3) is 12.2. The van der Waals surface area contributed by atoms with E-state index in [0.717, 1.165) is 0 Å². The summed E-state index contributed by atoms with van der Waals surface area (Å²) in [7, 11) is 0. The van der Waals surface area contributed by atoms with Crippen LogP contribution in [-0.2, 0) is 4.79 Å². The predicted molar refractivity (Wildman–Crippen MR) is 55.7 cm³/mol. The molecule has 7 heteroatoms. The van der Waals surface area contributed by atoms with Crippen molar-refractivity contribution in [3.63, 3.8) is 0 Å². The molecule has 0 spiro atoms. The van der Waals surface area contributed by atoms with Gasteiger partial charge in [0.2, 0.25) is 0 Å². The Bertz CT molecular complexity index is 237. The zero-order valence-electron chi connectivity index (χ0n) is 6.01. The fourth-order valence-electron chi connectivity index (χ4n) is 0.283. The third-order valence-corrected chi connectivity index (χ3v) is 1.15. The molecular formula is C6H8ClN2NaO2S. The summed E-state index contributed by atoms with van der Waals surface area (Å²) in [5.41, 5.74) is 0. The molecule has 68 valence electrons. The summed E-state index contributed by atoms with van der Waals surface area (Å²) in [6.07, 6.45) is 1.58. The number of aromatic nitrogens is 2. The second kappa shape index (κ2) is 10.3. The van der Waals surface area contributed by atoms with E-state index in [1.807, 2.05) is 0 Å². The average molecular weight is 231 g/mol. The van der Waals surface area contributed by atoms with E-state index in [1.165, 1.54) is 0 Å². The normalized spacial score (nSPS) is 7.54. The van der Waals surface area contributed by atoms with Gasteiger partial charge in [0.1, 0.15) is 0 Å². The van der Waals surface area contributed by atoms with Gasteiger partial charge in [-0.05, 0) is 12.1 Å². The number of halogens is 1. The molecular weight excluding hydrogens is 223 g/mol. The molecule has 0 amide bonds. The van der Waals surface area contributed by atoms with Gasteiger partial charge < -0.3 is 5.11 Å². The third-order valence-electron chi connectivity index (χ3n) is 0.675. The SMILES string of the molecule is Clc1cccnn1.O=C(O)CS.[NaH]. The van der Waals surface area contributed by atoms with Crippen LogP contribution < -0.4 is 0 Å². The Labute approximate surface area is 108 Å². The van der Waals surface area contributed by atoms with Gasteiger partial charge in [-0.25, -0.2) is 0 Å². The maximum absolute atomic E-state index is 9.29. The molecule has 0 fully saturated rings. The van der Waals surface area contributed by atoms with E-state index in [2.05, 4.69) is 22.8 Å². The molecule has 0 unspecified atom stereocenters. The minimum absolute atomic E-state index is 0. The number of thiol groups is 1. The molecule has 0 atom stereocenters. The van der Waals surface area contributed by atoms with E-state index < -0.39 is 5.97 Å². The molecule has 0 aromatic carbocycles. The van der Waals surface area contributed by atoms with Crippen LogP contribution in [0, 0.1) is 0 Å². The van der Waals surface area contributed by atoms with Crippen molar-refractivity contribution in [2.75, 3.05) is 5.75 Å². The van der Waals surface area contributed by atoms with Gasteiger partial charge >= 0.3 is 35.5 Å².